The smallest absolute Gasteiger partial charge is 0.257 e. The topological polar surface area (TPSA) is 50.4 Å². The largest absolute Gasteiger partial charge is 0.484 e. The molecular formula is C16H22N2O2. The maximum Gasteiger partial charge on any atom is 0.257 e. The minimum atomic E-state index is -0.0311. The molecule has 0 aromatic heterocycles. The molecule has 3 rings (SSSR count). The Balaban J connectivity index is 1.36. The van der Waals surface area contributed by atoms with Crippen molar-refractivity contribution < 1.29 is 9.53 Å². The van der Waals surface area contributed by atoms with Crippen LogP contribution in [0, 0.1) is 5.92 Å². The zero-order valence-electron chi connectivity index (χ0n) is 11.7. The van der Waals surface area contributed by atoms with Crippen molar-refractivity contribution in [2.75, 3.05) is 13.2 Å². The van der Waals surface area contributed by atoms with Gasteiger partial charge in [-0.3, -0.25) is 4.79 Å². The van der Waals surface area contributed by atoms with Crippen LogP contribution in [0.3, 0.4) is 0 Å². The summed E-state index contributed by atoms with van der Waals surface area (Å²) < 4.78 is 5.48. The average Bonchev–Trinajstić information content (AvgIpc) is 3.36. The van der Waals surface area contributed by atoms with Crippen molar-refractivity contribution in [3.8, 4) is 5.75 Å². The Morgan fingerprint density at radius 1 is 1.15 bits per heavy atom. The summed E-state index contributed by atoms with van der Waals surface area (Å²) >= 11 is 0. The Kier molecular flexibility index (Phi) is 4.21. The third-order valence-electron chi connectivity index (χ3n) is 3.75. The lowest BCUT2D eigenvalue weighted by atomic mass is 10.2. The van der Waals surface area contributed by atoms with Crippen LogP contribution >= 0.6 is 0 Å². The van der Waals surface area contributed by atoms with Crippen LogP contribution in [0.25, 0.3) is 0 Å². The quantitative estimate of drug-likeness (QED) is 0.760. The van der Waals surface area contributed by atoms with Crippen LogP contribution in [0.15, 0.2) is 24.3 Å². The first-order chi connectivity index (χ1) is 9.79. The lowest BCUT2D eigenvalue weighted by Gasteiger charge is -2.08. The number of amides is 1. The van der Waals surface area contributed by atoms with Crippen LogP contribution in [0.4, 0.5) is 0 Å². The van der Waals surface area contributed by atoms with Crippen LogP contribution in [0.5, 0.6) is 5.75 Å². The molecule has 2 N–H and O–H groups in total. The summed E-state index contributed by atoms with van der Waals surface area (Å²) in [7, 11) is 0. The Hall–Kier alpha value is -1.55. The molecule has 1 aromatic rings. The highest BCUT2D eigenvalue weighted by atomic mass is 16.5. The van der Waals surface area contributed by atoms with E-state index in [1.54, 1.807) is 0 Å². The van der Waals surface area contributed by atoms with E-state index in [2.05, 4.69) is 10.6 Å². The highest BCUT2D eigenvalue weighted by Gasteiger charge is 2.21. The van der Waals surface area contributed by atoms with Gasteiger partial charge in [-0.05, 0) is 49.3 Å². The molecule has 2 saturated carbocycles. The summed E-state index contributed by atoms with van der Waals surface area (Å²) in [6.45, 7) is 1.81. The van der Waals surface area contributed by atoms with Gasteiger partial charge >= 0.3 is 0 Å². The first-order valence-corrected chi connectivity index (χ1v) is 7.51. The zero-order chi connectivity index (χ0) is 13.8. The summed E-state index contributed by atoms with van der Waals surface area (Å²) in [6.07, 6.45) is 5.10. The van der Waals surface area contributed by atoms with E-state index in [0.717, 1.165) is 24.9 Å². The third-order valence-corrected chi connectivity index (χ3v) is 3.75. The number of ether oxygens (including phenoxy) is 1. The molecule has 0 aliphatic heterocycles. The SMILES string of the molecule is O=C(COc1ccc(CNC2CC2)cc1)NCC1CC1. The maximum absolute atomic E-state index is 11.6. The molecule has 108 valence electrons. The molecule has 0 heterocycles. The van der Waals surface area contributed by atoms with Crippen molar-refractivity contribution in [1.82, 2.24) is 10.6 Å². The molecule has 20 heavy (non-hydrogen) atoms. The van der Waals surface area contributed by atoms with Crippen molar-refractivity contribution in [3.05, 3.63) is 29.8 Å². The van der Waals surface area contributed by atoms with Gasteiger partial charge in [-0.1, -0.05) is 12.1 Å². The van der Waals surface area contributed by atoms with Gasteiger partial charge < -0.3 is 15.4 Å². The van der Waals surface area contributed by atoms with Crippen molar-refractivity contribution in [1.29, 1.82) is 0 Å². The van der Waals surface area contributed by atoms with Crippen molar-refractivity contribution in [3.63, 3.8) is 0 Å². The summed E-state index contributed by atoms with van der Waals surface area (Å²) in [4.78, 5) is 11.6. The second-order valence-electron chi connectivity index (χ2n) is 5.84. The molecule has 2 fully saturated rings. The van der Waals surface area contributed by atoms with E-state index in [-0.39, 0.29) is 12.5 Å². The summed E-state index contributed by atoms with van der Waals surface area (Å²) in [5.41, 5.74) is 1.25. The van der Waals surface area contributed by atoms with E-state index in [4.69, 9.17) is 4.74 Å². The molecular weight excluding hydrogens is 252 g/mol. The number of rotatable bonds is 8. The predicted molar refractivity (Wildman–Crippen MR) is 77.5 cm³/mol. The molecule has 0 radical (unpaired) electrons. The number of carbonyl (C=O) groups excluding carboxylic acids is 1. The lowest BCUT2D eigenvalue weighted by molar-refractivity contribution is -0.123. The first kappa shape index (κ1) is 13.4. The van der Waals surface area contributed by atoms with Gasteiger partial charge in [0.1, 0.15) is 5.75 Å². The normalized spacial score (nSPS) is 17.8. The highest BCUT2D eigenvalue weighted by molar-refractivity contribution is 5.77. The number of hydrogen-bond acceptors (Lipinski definition) is 3. The second-order valence-corrected chi connectivity index (χ2v) is 5.84. The molecule has 0 saturated heterocycles. The Morgan fingerprint density at radius 2 is 1.90 bits per heavy atom. The van der Waals surface area contributed by atoms with Gasteiger partial charge in [-0.25, -0.2) is 0 Å². The van der Waals surface area contributed by atoms with Crippen LogP contribution in [-0.4, -0.2) is 25.1 Å². The van der Waals surface area contributed by atoms with E-state index in [1.165, 1.54) is 31.2 Å². The minimum Gasteiger partial charge on any atom is -0.484 e. The van der Waals surface area contributed by atoms with E-state index < -0.39 is 0 Å². The van der Waals surface area contributed by atoms with Gasteiger partial charge in [0, 0.05) is 19.1 Å². The van der Waals surface area contributed by atoms with Crippen LogP contribution in [-0.2, 0) is 11.3 Å². The monoisotopic (exact) mass is 274 g/mol. The second kappa shape index (κ2) is 6.27. The summed E-state index contributed by atoms with van der Waals surface area (Å²) in [5.74, 6) is 1.43. The van der Waals surface area contributed by atoms with Gasteiger partial charge in [0.2, 0.25) is 0 Å². The molecule has 0 bridgehead atoms. The van der Waals surface area contributed by atoms with E-state index >= 15 is 0 Å². The predicted octanol–water partition coefficient (Wildman–Crippen LogP) is 1.84. The van der Waals surface area contributed by atoms with Crippen LogP contribution in [0.2, 0.25) is 0 Å². The van der Waals surface area contributed by atoms with Gasteiger partial charge in [-0.2, -0.15) is 0 Å². The lowest BCUT2D eigenvalue weighted by Crippen LogP contribution is -2.30. The van der Waals surface area contributed by atoms with Crippen molar-refractivity contribution >= 4 is 5.91 Å². The van der Waals surface area contributed by atoms with Crippen molar-refractivity contribution in [2.45, 2.75) is 38.3 Å². The number of nitrogens with one attached hydrogen (secondary N) is 2. The highest BCUT2D eigenvalue weighted by Crippen LogP contribution is 2.27. The number of benzene rings is 1. The fourth-order valence-electron chi connectivity index (χ4n) is 2.03. The maximum atomic E-state index is 11.6. The van der Waals surface area contributed by atoms with E-state index in [9.17, 15) is 4.79 Å². The summed E-state index contributed by atoms with van der Waals surface area (Å²) in [6, 6.07) is 8.68. The van der Waals surface area contributed by atoms with Gasteiger partial charge in [-0.15, -0.1) is 0 Å². The van der Waals surface area contributed by atoms with Gasteiger partial charge in [0.05, 0.1) is 0 Å². The van der Waals surface area contributed by atoms with E-state index in [1.807, 2.05) is 24.3 Å². The molecule has 0 atom stereocenters. The molecule has 4 nitrogen and oxygen atoms in total. The molecule has 0 spiro atoms. The molecule has 1 amide bonds. The number of hydrogen-bond donors (Lipinski definition) is 2. The fraction of sp³-hybridized carbons (Fsp3) is 0.562. The van der Waals surface area contributed by atoms with Crippen molar-refractivity contribution in [2.24, 2.45) is 5.92 Å². The first-order valence-electron chi connectivity index (χ1n) is 7.51. The minimum absolute atomic E-state index is 0.0311. The standard InChI is InChI=1S/C16H22N2O2/c19-16(18-10-12-1-2-12)11-20-15-7-3-13(4-8-15)9-17-14-5-6-14/h3-4,7-8,12,14,17H,1-2,5-6,9-11H2,(H,18,19). The molecule has 2 aliphatic rings. The van der Waals surface area contributed by atoms with Gasteiger partial charge in [0.25, 0.3) is 5.91 Å². The van der Waals surface area contributed by atoms with Gasteiger partial charge in [0.15, 0.2) is 6.61 Å². The Morgan fingerprint density at radius 3 is 2.55 bits per heavy atom. The fourth-order valence-corrected chi connectivity index (χ4v) is 2.03. The Labute approximate surface area is 119 Å². The number of carbonyl (C=O) groups is 1. The summed E-state index contributed by atoms with van der Waals surface area (Å²) in [5, 5.41) is 6.36. The Bertz CT molecular complexity index is 450. The van der Waals surface area contributed by atoms with Crippen LogP contribution in [0.1, 0.15) is 31.2 Å². The molecule has 0 unspecified atom stereocenters. The van der Waals surface area contributed by atoms with Crippen LogP contribution < -0.4 is 15.4 Å². The molecule has 2 aliphatic carbocycles. The molecule has 4 heteroatoms. The zero-order valence-corrected chi connectivity index (χ0v) is 11.7. The third kappa shape index (κ3) is 4.53. The van der Waals surface area contributed by atoms with E-state index in [0.29, 0.717) is 5.92 Å². The molecule has 1 aromatic carbocycles. The average molecular weight is 274 g/mol.